The molecule has 1 saturated heterocycles. The smallest absolute Gasteiger partial charge is 0.0192 e. The van der Waals surface area contributed by atoms with Crippen molar-refractivity contribution >= 4 is 0 Å². The number of hydrogen-bond acceptors (Lipinski definition) is 1. The summed E-state index contributed by atoms with van der Waals surface area (Å²) < 4.78 is 0. The van der Waals surface area contributed by atoms with E-state index in [1.165, 1.54) is 38.6 Å². The molecule has 0 unspecified atom stereocenters. The molecule has 1 heteroatoms. The van der Waals surface area contributed by atoms with Crippen LogP contribution in [0, 0.1) is 11.3 Å². The highest BCUT2D eigenvalue weighted by atomic mass is 15.0. The normalized spacial score (nSPS) is 45.2. The number of piperidine rings is 1. The van der Waals surface area contributed by atoms with Crippen molar-refractivity contribution in [2.24, 2.45) is 11.3 Å². The maximum atomic E-state index is 3.74. The molecule has 2 aliphatic rings. The molecule has 1 heterocycles. The van der Waals surface area contributed by atoms with Gasteiger partial charge >= 0.3 is 0 Å². The highest BCUT2D eigenvalue weighted by molar-refractivity contribution is 5.09. The Balaban J connectivity index is 1.94. The Kier molecular flexibility index (Phi) is 2.18. The van der Waals surface area contributed by atoms with E-state index < -0.39 is 0 Å². The fourth-order valence-corrected chi connectivity index (χ4v) is 3.23. The molecule has 0 aromatic heterocycles. The van der Waals surface area contributed by atoms with Gasteiger partial charge in [0.15, 0.2) is 0 Å². The van der Waals surface area contributed by atoms with E-state index in [4.69, 9.17) is 0 Å². The van der Waals surface area contributed by atoms with Crippen LogP contribution in [-0.2, 0) is 0 Å². The third-order valence-electron chi connectivity index (χ3n) is 4.46. The van der Waals surface area contributed by atoms with E-state index in [9.17, 15) is 0 Å². The van der Waals surface area contributed by atoms with Crippen LogP contribution in [0.2, 0.25) is 0 Å². The van der Waals surface area contributed by atoms with Gasteiger partial charge in [0.05, 0.1) is 0 Å². The summed E-state index contributed by atoms with van der Waals surface area (Å²) in [7, 11) is 0. The predicted molar refractivity (Wildman–Crippen MR) is 56.8 cm³/mol. The van der Waals surface area contributed by atoms with Gasteiger partial charge in [-0.2, -0.15) is 0 Å². The molecule has 76 valence electrons. The van der Waals surface area contributed by atoms with Crippen LogP contribution in [0.4, 0.5) is 0 Å². The quantitative estimate of drug-likeness (QED) is 0.656. The Labute approximate surface area is 82.3 Å². The molecular weight excluding hydrogens is 158 g/mol. The van der Waals surface area contributed by atoms with E-state index in [2.05, 4.69) is 26.1 Å². The van der Waals surface area contributed by atoms with Gasteiger partial charge in [-0.3, -0.25) is 0 Å². The molecule has 0 bridgehead atoms. The van der Waals surface area contributed by atoms with Crippen LogP contribution in [0.1, 0.15) is 52.9 Å². The zero-order chi connectivity index (χ0) is 9.53. The van der Waals surface area contributed by atoms with Crippen molar-refractivity contribution in [3.05, 3.63) is 0 Å². The molecule has 13 heavy (non-hydrogen) atoms. The Bertz CT molecular complexity index is 181. The Hall–Kier alpha value is -0.0400. The molecule has 2 fully saturated rings. The summed E-state index contributed by atoms with van der Waals surface area (Å²) in [6.07, 6.45) is 7.09. The topological polar surface area (TPSA) is 12.0 Å². The second-order valence-electron chi connectivity index (χ2n) is 5.83. The highest BCUT2D eigenvalue weighted by Crippen LogP contribution is 2.55. The highest BCUT2D eigenvalue weighted by Gasteiger charge is 2.52. The van der Waals surface area contributed by atoms with Crippen LogP contribution in [0.5, 0.6) is 0 Å². The lowest BCUT2D eigenvalue weighted by Crippen LogP contribution is -2.62. The van der Waals surface area contributed by atoms with Crippen LogP contribution in [-0.4, -0.2) is 12.1 Å². The second kappa shape index (κ2) is 2.98. The Morgan fingerprint density at radius 2 is 1.85 bits per heavy atom. The molecule has 1 nitrogen and oxygen atoms in total. The average Bonchev–Trinajstić information content (AvgIpc) is 2.03. The van der Waals surface area contributed by atoms with Crippen molar-refractivity contribution in [3.63, 3.8) is 0 Å². The first-order valence-corrected chi connectivity index (χ1v) is 5.81. The standard InChI is InChI=1S/C12H23N/c1-10(2)11(3)8-12(9-11)6-4-5-7-13-12/h10,13H,4-9H2,1-3H3. The van der Waals surface area contributed by atoms with E-state index >= 15 is 0 Å². The lowest BCUT2D eigenvalue weighted by atomic mass is 9.52. The number of hydrogen-bond donors (Lipinski definition) is 1. The average molecular weight is 181 g/mol. The van der Waals surface area contributed by atoms with Crippen molar-refractivity contribution in [2.75, 3.05) is 6.54 Å². The van der Waals surface area contributed by atoms with E-state index in [1.54, 1.807) is 0 Å². The summed E-state index contributed by atoms with van der Waals surface area (Å²) in [6.45, 7) is 8.46. The molecule has 0 aromatic carbocycles. The fraction of sp³-hybridized carbons (Fsp3) is 1.00. The van der Waals surface area contributed by atoms with Crippen LogP contribution >= 0.6 is 0 Å². The molecule has 0 atom stereocenters. The van der Waals surface area contributed by atoms with Gasteiger partial charge in [0, 0.05) is 5.54 Å². The summed E-state index contributed by atoms with van der Waals surface area (Å²) >= 11 is 0. The summed E-state index contributed by atoms with van der Waals surface area (Å²) in [5.74, 6) is 0.849. The van der Waals surface area contributed by atoms with Gasteiger partial charge in [0.2, 0.25) is 0 Å². The van der Waals surface area contributed by atoms with Crippen molar-refractivity contribution in [3.8, 4) is 0 Å². The van der Waals surface area contributed by atoms with Gasteiger partial charge < -0.3 is 5.32 Å². The maximum absolute atomic E-state index is 3.74. The number of rotatable bonds is 1. The molecule has 0 amide bonds. The molecule has 1 spiro atoms. The van der Waals surface area contributed by atoms with Gasteiger partial charge in [0.25, 0.3) is 0 Å². The van der Waals surface area contributed by atoms with Gasteiger partial charge in [-0.1, -0.05) is 27.2 Å². The zero-order valence-electron chi connectivity index (χ0n) is 9.32. The van der Waals surface area contributed by atoms with E-state index in [0.717, 1.165) is 5.92 Å². The van der Waals surface area contributed by atoms with Crippen LogP contribution in [0.15, 0.2) is 0 Å². The van der Waals surface area contributed by atoms with Crippen molar-refractivity contribution < 1.29 is 0 Å². The van der Waals surface area contributed by atoms with Crippen molar-refractivity contribution in [1.29, 1.82) is 0 Å². The first-order chi connectivity index (χ1) is 6.06. The lowest BCUT2D eigenvalue weighted by molar-refractivity contribution is -0.0361. The van der Waals surface area contributed by atoms with Gasteiger partial charge in [-0.15, -0.1) is 0 Å². The first kappa shape index (κ1) is 9.51. The lowest BCUT2D eigenvalue weighted by Gasteiger charge is -2.59. The molecule has 2 rings (SSSR count). The first-order valence-electron chi connectivity index (χ1n) is 5.81. The molecule has 1 N–H and O–H groups in total. The molecule has 0 aromatic rings. The SMILES string of the molecule is CC(C)C1(C)CC2(CCCCN2)C1. The van der Waals surface area contributed by atoms with Gasteiger partial charge in [-0.25, -0.2) is 0 Å². The molecular formula is C12H23N. The molecule has 1 aliphatic carbocycles. The van der Waals surface area contributed by atoms with Gasteiger partial charge in [0.1, 0.15) is 0 Å². The molecule has 1 saturated carbocycles. The Morgan fingerprint density at radius 3 is 2.31 bits per heavy atom. The van der Waals surface area contributed by atoms with E-state index in [0.29, 0.717) is 11.0 Å². The van der Waals surface area contributed by atoms with Crippen molar-refractivity contribution in [1.82, 2.24) is 5.32 Å². The van der Waals surface area contributed by atoms with Crippen LogP contribution in [0.3, 0.4) is 0 Å². The van der Waals surface area contributed by atoms with Crippen LogP contribution in [0.25, 0.3) is 0 Å². The van der Waals surface area contributed by atoms with E-state index in [1.807, 2.05) is 0 Å². The predicted octanol–water partition coefficient (Wildman–Crippen LogP) is 2.95. The molecule has 1 aliphatic heterocycles. The van der Waals surface area contributed by atoms with Gasteiger partial charge in [-0.05, 0) is 43.6 Å². The maximum Gasteiger partial charge on any atom is 0.0192 e. The summed E-state index contributed by atoms with van der Waals surface area (Å²) in [6, 6.07) is 0. The summed E-state index contributed by atoms with van der Waals surface area (Å²) in [4.78, 5) is 0. The molecule has 0 radical (unpaired) electrons. The van der Waals surface area contributed by atoms with Crippen molar-refractivity contribution in [2.45, 2.75) is 58.4 Å². The van der Waals surface area contributed by atoms with Crippen LogP contribution < -0.4 is 5.32 Å². The second-order valence-corrected chi connectivity index (χ2v) is 5.83. The third kappa shape index (κ3) is 1.52. The monoisotopic (exact) mass is 181 g/mol. The summed E-state index contributed by atoms with van der Waals surface area (Å²) in [5.41, 5.74) is 1.20. The minimum atomic E-state index is 0.567. The van der Waals surface area contributed by atoms with E-state index in [-0.39, 0.29) is 0 Å². The minimum Gasteiger partial charge on any atom is -0.311 e. The minimum absolute atomic E-state index is 0.567. The fourth-order valence-electron chi connectivity index (χ4n) is 3.23. The largest absolute Gasteiger partial charge is 0.311 e. The third-order valence-corrected chi connectivity index (χ3v) is 4.46. The number of nitrogens with one attached hydrogen (secondary N) is 1. The zero-order valence-corrected chi connectivity index (χ0v) is 9.32. The summed E-state index contributed by atoms with van der Waals surface area (Å²) in [5, 5.41) is 3.74. The Morgan fingerprint density at radius 1 is 1.15 bits per heavy atom.